The van der Waals surface area contributed by atoms with Crippen molar-refractivity contribution in [1.82, 2.24) is 10.2 Å². The number of ether oxygens (including phenoxy) is 2. The Kier molecular flexibility index (Phi) is 5.92. The molecule has 1 atom stereocenters. The fourth-order valence-electron chi connectivity index (χ4n) is 3.77. The van der Waals surface area contributed by atoms with Crippen LogP contribution in [0.1, 0.15) is 23.2 Å². The Balaban J connectivity index is 1.69. The normalized spacial score (nSPS) is 27.3. The Bertz CT molecular complexity index is 664. The third kappa shape index (κ3) is 4.06. The molecule has 1 aromatic rings. The molecule has 7 nitrogen and oxygen atoms in total. The van der Waals surface area contributed by atoms with Crippen molar-refractivity contribution in [2.24, 2.45) is 5.92 Å². The number of benzene rings is 1. The topological polar surface area (TPSA) is 97.0 Å². The molecule has 8 heteroatoms. The molecule has 1 amide bonds. The van der Waals surface area contributed by atoms with Crippen LogP contribution in [0.5, 0.6) is 5.75 Å². The van der Waals surface area contributed by atoms with Gasteiger partial charge >= 0.3 is 0 Å². The van der Waals surface area contributed by atoms with E-state index in [2.05, 4.69) is 10.2 Å². The second kappa shape index (κ2) is 8.00. The summed E-state index contributed by atoms with van der Waals surface area (Å²) in [5, 5.41) is 14.1. The van der Waals surface area contributed by atoms with E-state index in [1.54, 1.807) is 7.11 Å². The lowest BCUT2D eigenvalue weighted by Gasteiger charge is -2.50. The molecule has 0 aliphatic carbocycles. The standard InChI is InChI=1S/C18H26ClN3O4/c1-25-6-7-26-16-9-15(20)14(19)8-13(16)17(23)21-10-18(24)11-22-4-2-12(18)3-5-22/h8-9,12,24H,2-7,10-11,20H2,1H3,(H,21,23). The molecule has 0 spiro atoms. The van der Waals surface area contributed by atoms with Crippen LogP contribution < -0.4 is 15.8 Å². The first-order valence-corrected chi connectivity index (χ1v) is 9.24. The highest BCUT2D eigenvalue weighted by atomic mass is 35.5. The molecule has 0 radical (unpaired) electrons. The van der Waals surface area contributed by atoms with Gasteiger partial charge in [-0.1, -0.05) is 11.6 Å². The average molecular weight is 384 g/mol. The second-order valence-electron chi connectivity index (χ2n) is 7.05. The lowest BCUT2D eigenvalue weighted by molar-refractivity contribution is -0.108. The molecule has 4 N–H and O–H groups in total. The third-order valence-electron chi connectivity index (χ3n) is 5.29. The molecular formula is C18H26ClN3O4. The number of hydrogen-bond donors (Lipinski definition) is 3. The van der Waals surface area contributed by atoms with Gasteiger partial charge in [-0.15, -0.1) is 0 Å². The zero-order valence-corrected chi connectivity index (χ0v) is 15.7. The maximum Gasteiger partial charge on any atom is 0.255 e. The first-order chi connectivity index (χ1) is 12.4. The molecule has 3 aliphatic rings. The van der Waals surface area contributed by atoms with Crippen LogP contribution in [0.25, 0.3) is 0 Å². The van der Waals surface area contributed by atoms with Crippen LogP contribution in [-0.2, 0) is 4.74 Å². The minimum absolute atomic E-state index is 0.201. The van der Waals surface area contributed by atoms with Crippen molar-refractivity contribution in [3.05, 3.63) is 22.7 Å². The van der Waals surface area contributed by atoms with Crippen molar-refractivity contribution < 1.29 is 19.4 Å². The Morgan fingerprint density at radius 3 is 2.77 bits per heavy atom. The Morgan fingerprint density at radius 1 is 1.42 bits per heavy atom. The molecule has 4 rings (SSSR count). The van der Waals surface area contributed by atoms with Gasteiger partial charge in [0.05, 0.1) is 28.5 Å². The summed E-state index contributed by atoms with van der Waals surface area (Å²) in [6, 6.07) is 3.03. The number of carbonyl (C=O) groups excluding carboxylic acids is 1. The monoisotopic (exact) mass is 383 g/mol. The largest absolute Gasteiger partial charge is 0.490 e. The van der Waals surface area contributed by atoms with Gasteiger partial charge in [0.2, 0.25) is 0 Å². The number of fused-ring (bicyclic) bond motifs is 3. The molecule has 3 fully saturated rings. The van der Waals surface area contributed by atoms with E-state index < -0.39 is 5.60 Å². The first-order valence-electron chi connectivity index (χ1n) is 8.86. The van der Waals surface area contributed by atoms with Crippen molar-refractivity contribution >= 4 is 23.2 Å². The predicted octanol–water partition coefficient (Wildman–Crippen LogP) is 1.13. The number of carbonyl (C=O) groups is 1. The number of nitrogens with one attached hydrogen (secondary N) is 1. The Hall–Kier alpha value is -1.54. The van der Waals surface area contributed by atoms with Crippen LogP contribution in [0.2, 0.25) is 5.02 Å². The number of halogens is 1. The zero-order valence-electron chi connectivity index (χ0n) is 15.0. The fourth-order valence-corrected chi connectivity index (χ4v) is 3.94. The molecule has 144 valence electrons. The quantitative estimate of drug-likeness (QED) is 0.482. The lowest BCUT2D eigenvalue weighted by Crippen LogP contribution is -2.63. The van der Waals surface area contributed by atoms with Crippen molar-refractivity contribution in [2.45, 2.75) is 18.4 Å². The number of nitrogens with zero attached hydrogens (tertiary/aromatic N) is 1. The molecule has 0 saturated carbocycles. The van der Waals surface area contributed by atoms with Gasteiger partial charge in [0.15, 0.2) is 0 Å². The second-order valence-corrected chi connectivity index (χ2v) is 7.46. The van der Waals surface area contributed by atoms with Crippen LogP contribution in [-0.4, -0.2) is 68.0 Å². The molecule has 1 unspecified atom stereocenters. The maximum absolute atomic E-state index is 12.7. The van der Waals surface area contributed by atoms with Crippen LogP contribution in [0, 0.1) is 5.92 Å². The minimum atomic E-state index is -0.888. The molecule has 3 heterocycles. The zero-order chi connectivity index (χ0) is 18.7. The Labute approximate surface area is 158 Å². The molecule has 3 aliphatic heterocycles. The highest BCUT2D eigenvalue weighted by Gasteiger charge is 2.45. The summed E-state index contributed by atoms with van der Waals surface area (Å²) < 4.78 is 10.6. The van der Waals surface area contributed by atoms with E-state index in [0.717, 1.165) is 25.9 Å². The van der Waals surface area contributed by atoms with E-state index >= 15 is 0 Å². The van der Waals surface area contributed by atoms with Crippen molar-refractivity contribution in [1.29, 1.82) is 0 Å². The summed E-state index contributed by atoms with van der Waals surface area (Å²) in [7, 11) is 1.57. The summed E-state index contributed by atoms with van der Waals surface area (Å²) in [4.78, 5) is 14.9. The van der Waals surface area contributed by atoms with Crippen LogP contribution >= 0.6 is 11.6 Å². The van der Waals surface area contributed by atoms with E-state index in [1.165, 1.54) is 12.1 Å². The molecule has 2 bridgehead atoms. The number of nitrogens with two attached hydrogens (primary N) is 1. The van der Waals surface area contributed by atoms with Gasteiger partial charge in [-0.25, -0.2) is 0 Å². The third-order valence-corrected chi connectivity index (χ3v) is 5.62. The van der Waals surface area contributed by atoms with Gasteiger partial charge in [0.1, 0.15) is 12.4 Å². The number of anilines is 1. The van der Waals surface area contributed by atoms with Crippen molar-refractivity contribution in [3.8, 4) is 5.75 Å². The molecule has 1 aromatic carbocycles. The highest BCUT2D eigenvalue weighted by molar-refractivity contribution is 6.33. The number of piperidine rings is 3. The SMILES string of the molecule is COCCOc1cc(N)c(Cl)cc1C(=O)NCC1(O)CN2CCC1CC2. The van der Waals surface area contributed by atoms with Gasteiger partial charge in [-0.05, 0) is 37.9 Å². The van der Waals surface area contributed by atoms with E-state index in [9.17, 15) is 9.90 Å². The van der Waals surface area contributed by atoms with Crippen LogP contribution in [0.15, 0.2) is 12.1 Å². The maximum atomic E-state index is 12.7. The number of aliphatic hydroxyl groups is 1. The van der Waals surface area contributed by atoms with Crippen LogP contribution in [0.4, 0.5) is 5.69 Å². The van der Waals surface area contributed by atoms with E-state index in [-0.39, 0.29) is 23.4 Å². The summed E-state index contributed by atoms with van der Waals surface area (Å²) in [6.07, 6.45) is 1.93. The molecular weight excluding hydrogens is 358 g/mol. The van der Waals surface area contributed by atoms with Crippen LogP contribution in [0.3, 0.4) is 0 Å². The summed E-state index contributed by atoms with van der Waals surface area (Å²) in [6.45, 7) is 3.52. The van der Waals surface area contributed by atoms with E-state index in [1.807, 2.05) is 0 Å². The summed E-state index contributed by atoms with van der Waals surface area (Å²) in [5.74, 6) is 0.228. The van der Waals surface area contributed by atoms with Crippen molar-refractivity contribution in [2.75, 3.05) is 52.2 Å². The lowest BCUT2D eigenvalue weighted by atomic mass is 9.75. The van der Waals surface area contributed by atoms with Gasteiger partial charge in [0.25, 0.3) is 5.91 Å². The van der Waals surface area contributed by atoms with E-state index in [0.29, 0.717) is 36.8 Å². The number of rotatable bonds is 7. The van der Waals surface area contributed by atoms with Gasteiger partial charge < -0.3 is 30.5 Å². The number of amides is 1. The van der Waals surface area contributed by atoms with Gasteiger partial charge in [0, 0.05) is 26.3 Å². The summed E-state index contributed by atoms with van der Waals surface area (Å²) >= 11 is 6.08. The number of nitrogen functional groups attached to an aromatic ring is 1. The summed E-state index contributed by atoms with van der Waals surface area (Å²) in [5.41, 5.74) is 5.57. The number of hydrogen-bond acceptors (Lipinski definition) is 6. The Morgan fingerprint density at radius 2 is 2.15 bits per heavy atom. The number of methoxy groups -OCH3 is 1. The highest BCUT2D eigenvalue weighted by Crippen LogP contribution is 2.35. The minimum Gasteiger partial charge on any atom is -0.490 e. The van der Waals surface area contributed by atoms with Crippen molar-refractivity contribution in [3.63, 3.8) is 0 Å². The molecule has 3 saturated heterocycles. The van der Waals surface area contributed by atoms with E-state index in [4.69, 9.17) is 26.8 Å². The molecule has 0 aromatic heterocycles. The predicted molar refractivity (Wildman–Crippen MR) is 99.7 cm³/mol. The smallest absolute Gasteiger partial charge is 0.255 e. The average Bonchev–Trinajstić information content (AvgIpc) is 2.63. The van der Waals surface area contributed by atoms with Gasteiger partial charge in [-0.2, -0.15) is 0 Å². The molecule has 26 heavy (non-hydrogen) atoms. The first kappa shape index (κ1) is 19.2. The van der Waals surface area contributed by atoms with Gasteiger partial charge in [-0.3, -0.25) is 4.79 Å². The fraction of sp³-hybridized carbons (Fsp3) is 0.611.